The van der Waals surface area contributed by atoms with Gasteiger partial charge in [-0.3, -0.25) is 9.88 Å². The first-order chi connectivity index (χ1) is 10.4. The predicted molar refractivity (Wildman–Crippen MR) is 86.8 cm³/mol. The maximum absolute atomic E-state index is 11.7. The van der Waals surface area contributed by atoms with Crippen LogP contribution >= 0.6 is 0 Å². The van der Waals surface area contributed by atoms with Crippen molar-refractivity contribution in [2.75, 3.05) is 14.1 Å². The first-order valence-electron chi connectivity index (χ1n) is 7.06. The van der Waals surface area contributed by atoms with Gasteiger partial charge in [-0.2, -0.15) is 0 Å². The highest BCUT2D eigenvalue weighted by Crippen LogP contribution is 2.20. The largest absolute Gasteiger partial charge is 0.295 e. The van der Waals surface area contributed by atoms with Crippen LogP contribution in [0.2, 0.25) is 0 Å². The lowest BCUT2D eigenvalue weighted by Gasteiger charge is -2.25. The van der Waals surface area contributed by atoms with Crippen molar-refractivity contribution in [3.63, 3.8) is 0 Å². The Hall–Kier alpha value is -1.76. The fourth-order valence-corrected chi connectivity index (χ4v) is 2.92. The Morgan fingerprint density at radius 1 is 1.23 bits per heavy atom. The minimum absolute atomic E-state index is 0.231. The zero-order valence-corrected chi connectivity index (χ0v) is 13.8. The van der Waals surface area contributed by atoms with Crippen LogP contribution in [-0.4, -0.2) is 32.4 Å². The summed E-state index contributed by atoms with van der Waals surface area (Å²) in [7, 11) is 0.0723. The molecule has 1 aromatic heterocycles. The minimum atomic E-state index is -3.37. The monoisotopic (exact) mass is 319 g/mol. The van der Waals surface area contributed by atoms with E-state index in [0.717, 1.165) is 17.7 Å². The summed E-state index contributed by atoms with van der Waals surface area (Å²) in [5.74, 6) is 0. The summed E-state index contributed by atoms with van der Waals surface area (Å²) in [6, 6.07) is 11.2. The second-order valence-corrected chi connectivity index (χ2v) is 7.12. The Balaban J connectivity index is 2.08. The highest BCUT2D eigenvalue weighted by atomic mass is 32.2. The van der Waals surface area contributed by atoms with Crippen molar-refractivity contribution in [3.8, 4) is 0 Å². The molecule has 5 nitrogen and oxygen atoms in total. The van der Waals surface area contributed by atoms with Gasteiger partial charge >= 0.3 is 0 Å². The Bertz CT molecular complexity index is 700. The molecule has 118 valence electrons. The fourth-order valence-electron chi connectivity index (χ4n) is 2.19. The van der Waals surface area contributed by atoms with E-state index in [4.69, 9.17) is 0 Å². The van der Waals surface area contributed by atoms with Gasteiger partial charge in [-0.25, -0.2) is 13.1 Å². The van der Waals surface area contributed by atoms with E-state index >= 15 is 0 Å². The van der Waals surface area contributed by atoms with Gasteiger partial charge in [-0.1, -0.05) is 18.2 Å². The summed E-state index contributed by atoms with van der Waals surface area (Å²) in [6.07, 6.45) is 3.63. The third-order valence-electron chi connectivity index (χ3n) is 3.76. The molecule has 0 aliphatic heterocycles. The quantitative estimate of drug-likeness (QED) is 0.886. The molecule has 0 radical (unpaired) electrons. The van der Waals surface area contributed by atoms with Gasteiger partial charge in [0.2, 0.25) is 10.0 Å². The van der Waals surface area contributed by atoms with Crippen LogP contribution in [0.4, 0.5) is 0 Å². The van der Waals surface area contributed by atoms with Crippen LogP contribution in [0.15, 0.2) is 53.7 Å². The van der Waals surface area contributed by atoms with Gasteiger partial charge in [0.05, 0.1) is 4.90 Å². The molecule has 0 saturated heterocycles. The van der Waals surface area contributed by atoms with Crippen molar-refractivity contribution in [3.05, 3.63) is 59.9 Å². The fraction of sp³-hybridized carbons (Fsp3) is 0.312. The van der Waals surface area contributed by atoms with E-state index in [1.807, 2.05) is 31.4 Å². The van der Waals surface area contributed by atoms with Crippen LogP contribution in [0.3, 0.4) is 0 Å². The van der Waals surface area contributed by atoms with Crippen molar-refractivity contribution in [1.82, 2.24) is 14.6 Å². The number of benzene rings is 1. The average molecular weight is 319 g/mol. The Morgan fingerprint density at radius 3 is 2.45 bits per heavy atom. The van der Waals surface area contributed by atoms with Crippen LogP contribution in [0.1, 0.15) is 24.1 Å². The van der Waals surface area contributed by atoms with E-state index < -0.39 is 10.0 Å². The molecule has 2 rings (SSSR count). The molecular formula is C16H21N3O2S. The normalized spacial score (nSPS) is 13.3. The van der Waals surface area contributed by atoms with E-state index in [2.05, 4.69) is 27.6 Å². The van der Waals surface area contributed by atoms with Gasteiger partial charge in [-0.05, 0) is 50.3 Å². The van der Waals surface area contributed by atoms with E-state index in [9.17, 15) is 8.42 Å². The van der Waals surface area contributed by atoms with E-state index in [1.54, 1.807) is 18.3 Å². The predicted octanol–water partition coefficient (Wildman–Crippen LogP) is 2.18. The summed E-state index contributed by atoms with van der Waals surface area (Å²) in [4.78, 5) is 6.62. The lowest BCUT2D eigenvalue weighted by Crippen LogP contribution is -2.22. The van der Waals surface area contributed by atoms with Crippen molar-refractivity contribution in [2.24, 2.45) is 0 Å². The first-order valence-corrected chi connectivity index (χ1v) is 8.55. The molecule has 0 spiro atoms. The van der Waals surface area contributed by atoms with Gasteiger partial charge in [0.25, 0.3) is 0 Å². The van der Waals surface area contributed by atoms with E-state index in [1.165, 1.54) is 7.05 Å². The molecule has 2 aromatic rings. The number of rotatable bonds is 6. The minimum Gasteiger partial charge on any atom is -0.295 e. The summed E-state index contributed by atoms with van der Waals surface area (Å²) >= 11 is 0. The van der Waals surface area contributed by atoms with Crippen molar-refractivity contribution in [2.45, 2.75) is 24.4 Å². The van der Waals surface area contributed by atoms with Gasteiger partial charge in [0.1, 0.15) is 0 Å². The average Bonchev–Trinajstić information content (AvgIpc) is 2.55. The summed E-state index contributed by atoms with van der Waals surface area (Å²) in [5, 5.41) is 0. The van der Waals surface area contributed by atoms with Crippen LogP contribution in [0, 0.1) is 0 Å². The molecular weight excluding hydrogens is 298 g/mol. The molecule has 0 fully saturated rings. The van der Waals surface area contributed by atoms with Crippen LogP contribution in [-0.2, 0) is 16.6 Å². The zero-order chi connectivity index (χ0) is 16.2. The maximum Gasteiger partial charge on any atom is 0.240 e. The van der Waals surface area contributed by atoms with Crippen molar-refractivity contribution < 1.29 is 8.42 Å². The SMILES string of the molecule is CNS(=O)(=O)c1ccc(CN(C)[C@H](C)c2cccnc2)cc1. The highest BCUT2D eigenvalue weighted by molar-refractivity contribution is 7.89. The number of aromatic nitrogens is 1. The molecule has 0 saturated carbocycles. The molecule has 22 heavy (non-hydrogen) atoms. The molecule has 0 bridgehead atoms. The number of nitrogens with zero attached hydrogens (tertiary/aromatic N) is 2. The van der Waals surface area contributed by atoms with Gasteiger partial charge in [0, 0.05) is 25.0 Å². The molecule has 1 N–H and O–H groups in total. The van der Waals surface area contributed by atoms with E-state index in [0.29, 0.717) is 0 Å². The number of sulfonamides is 1. The van der Waals surface area contributed by atoms with Crippen molar-refractivity contribution in [1.29, 1.82) is 0 Å². The number of pyridine rings is 1. The third kappa shape index (κ3) is 3.91. The molecule has 0 unspecified atom stereocenters. The maximum atomic E-state index is 11.7. The number of hydrogen-bond acceptors (Lipinski definition) is 4. The standard InChI is InChI=1S/C16H21N3O2S/c1-13(15-5-4-10-18-11-15)19(3)12-14-6-8-16(9-7-14)22(20,21)17-2/h4-11,13,17H,12H2,1-3H3/t13-/m1/s1. The van der Waals surface area contributed by atoms with Gasteiger partial charge in [-0.15, -0.1) is 0 Å². The number of hydrogen-bond donors (Lipinski definition) is 1. The molecule has 0 aliphatic carbocycles. The number of nitrogens with one attached hydrogen (secondary N) is 1. The zero-order valence-electron chi connectivity index (χ0n) is 13.0. The lowest BCUT2D eigenvalue weighted by molar-refractivity contribution is 0.252. The second-order valence-electron chi connectivity index (χ2n) is 5.23. The molecule has 0 amide bonds. The molecule has 0 aliphatic rings. The summed E-state index contributed by atoms with van der Waals surface area (Å²) in [5.41, 5.74) is 2.22. The van der Waals surface area contributed by atoms with Gasteiger partial charge in [0.15, 0.2) is 0 Å². The first kappa shape index (κ1) is 16.6. The molecule has 1 aromatic carbocycles. The Labute approximate surface area is 132 Å². The van der Waals surface area contributed by atoms with Crippen LogP contribution < -0.4 is 4.72 Å². The topological polar surface area (TPSA) is 62.3 Å². The summed E-state index contributed by atoms with van der Waals surface area (Å²) in [6.45, 7) is 2.85. The lowest BCUT2D eigenvalue weighted by atomic mass is 10.1. The molecule has 6 heteroatoms. The Kier molecular flexibility index (Phi) is 5.28. The second kappa shape index (κ2) is 7.00. The van der Waals surface area contributed by atoms with Gasteiger partial charge < -0.3 is 0 Å². The van der Waals surface area contributed by atoms with Crippen LogP contribution in [0.25, 0.3) is 0 Å². The third-order valence-corrected chi connectivity index (χ3v) is 5.19. The van der Waals surface area contributed by atoms with Crippen molar-refractivity contribution >= 4 is 10.0 Å². The van der Waals surface area contributed by atoms with Crippen LogP contribution in [0.5, 0.6) is 0 Å². The smallest absolute Gasteiger partial charge is 0.240 e. The highest BCUT2D eigenvalue weighted by Gasteiger charge is 2.14. The van der Waals surface area contributed by atoms with E-state index in [-0.39, 0.29) is 10.9 Å². The summed E-state index contributed by atoms with van der Waals surface area (Å²) < 4.78 is 25.7. The Morgan fingerprint density at radius 2 is 1.91 bits per heavy atom. The molecule has 1 atom stereocenters. The molecule has 1 heterocycles.